The number of hydrogen-bond donors (Lipinski definition) is 2. The second-order valence-electron chi connectivity index (χ2n) is 6.02. The third kappa shape index (κ3) is 5.68. The maximum Gasteiger partial charge on any atom is 0.224 e. The van der Waals surface area contributed by atoms with Gasteiger partial charge in [0.05, 0.1) is 0 Å². The van der Waals surface area contributed by atoms with Gasteiger partial charge in [-0.1, -0.05) is 32.0 Å². The molecule has 2 rings (SSSR count). The quantitative estimate of drug-likeness (QED) is 0.864. The molecule has 1 aromatic rings. The van der Waals surface area contributed by atoms with Crippen LogP contribution < -0.4 is 10.6 Å². The van der Waals surface area contributed by atoms with E-state index < -0.39 is 0 Å². The van der Waals surface area contributed by atoms with Gasteiger partial charge >= 0.3 is 0 Å². The van der Waals surface area contributed by atoms with Crippen molar-refractivity contribution in [2.75, 3.05) is 18.4 Å². The zero-order chi connectivity index (χ0) is 14.4. The standard InChI is InChI=1S/C17H26N2O.ClH/c1-13(2)15-5-3-4-6-16(15)19-17(20)8-7-14-9-11-18-12-10-14;/h3-6,13-14,18H,7-12H2,1-2H3,(H,19,20);1H. The predicted molar refractivity (Wildman–Crippen MR) is 91.2 cm³/mol. The number of piperidine rings is 1. The number of para-hydroxylation sites is 1. The average molecular weight is 311 g/mol. The Morgan fingerprint density at radius 1 is 1.29 bits per heavy atom. The highest BCUT2D eigenvalue weighted by Crippen LogP contribution is 2.24. The third-order valence-electron chi connectivity index (χ3n) is 4.10. The molecule has 0 aliphatic carbocycles. The summed E-state index contributed by atoms with van der Waals surface area (Å²) >= 11 is 0. The van der Waals surface area contributed by atoms with Gasteiger partial charge in [-0.15, -0.1) is 12.4 Å². The van der Waals surface area contributed by atoms with Crippen LogP contribution in [0, 0.1) is 5.92 Å². The summed E-state index contributed by atoms with van der Waals surface area (Å²) in [6, 6.07) is 8.10. The highest BCUT2D eigenvalue weighted by molar-refractivity contribution is 5.91. The van der Waals surface area contributed by atoms with Gasteiger partial charge in [0, 0.05) is 12.1 Å². The molecular formula is C17H27ClN2O. The largest absolute Gasteiger partial charge is 0.326 e. The van der Waals surface area contributed by atoms with E-state index in [0.717, 1.165) is 25.2 Å². The summed E-state index contributed by atoms with van der Waals surface area (Å²) < 4.78 is 0. The molecule has 1 saturated heterocycles. The average Bonchev–Trinajstić information content (AvgIpc) is 2.46. The number of halogens is 1. The minimum Gasteiger partial charge on any atom is -0.326 e. The first kappa shape index (κ1) is 18.0. The van der Waals surface area contributed by atoms with Gasteiger partial charge in [0.1, 0.15) is 0 Å². The molecule has 1 aromatic carbocycles. The summed E-state index contributed by atoms with van der Waals surface area (Å²) in [6.07, 6.45) is 4.06. The Kier molecular flexibility index (Phi) is 7.76. The molecule has 2 N–H and O–H groups in total. The minimum absolute atomic E-state index is 0. The summed E-state index contributed by atoms with van der Waals surface area (Å²) in [5, 5.41) is 6.44. The number of hydrogen-bond acceptors (Lipinski definition) is 2. The molecule has 118 valence electrons. The van der Waals surface area contributed by atoms with Crippen molar-refractivity contribution in [2.45, 2.75) is 45.4 Å². The van der Waals surface area contributed by atoms with Crippen molar-refractivity contribution in [1.29, 1.82) is 0 Å². The summed E-state index contributed by atoms with van der Waals surface area (Å²) in [5.74, 6) is 1.29. The van der Waals surface area contributed by atoms with Crippen LogP contribution in [0.25, 0.3) is 0 Å². The molecule has 4 heteroatoms. The van der Waals surface area contributed by atoms with E-state index in [2.05, 4.69) is 30.5 Å². The van der Waals surface area contributed by atoms with E-state index >= 15 is 0 Å². The first-order valence-corrected chi connectivity index (χ1v) is 7.76. The van der Waals surface area contributed by atoms with E-state index in [0.29, 0.717) is 18.3 Å². The van der Waals surface area contributed by atoms with Crippen LogP contribution in [0.3, 0.4) is 0 Å². The van der Waals surface area contributed by atoms with Crippen molar-refractivity contribution in [2.24, 2.45) is 5.92 Å². The molecule has 0 radical (unpaired) electrons. The van der Waals surface area contributed by atoms with Crippen LogP contribution in [0.4, 0.5) is 5.69 Å². The maximum absolute atomic E-state index is 12.1. The molecule has 0 unspecified atom stereocenters. The Hall–Kier alpha value is -1.06. The maximum atomic E-state index is 12.1. The van der Waals surface area contributed by atoms with Crippen LogP contribution in [0.5, 0.6) is 0 Å². The lowest BCUT2D eigenvalue weighted by Gasteiger charge is -2.22. The molecule has 0 atom stereocenters. The molecule has 1 heterocycles. The number of carbonyl (C=O) groups excluding carboxylic acids is 1. The number of amides is 1. The van der Waals surface area contributed by atoms with Crippen molar-refractivity contribution in [3.8, 4) is 0 Å². The topological polar surface area (TPSA) is 41.1 Å². The molecule has 1 fully saturated rings. The van der Waals surface area contributed by atoms with Crippen LogP contribution >= 0.6 is 12.4 Å². The Morgan fingerprint density at radius 2 is 1.95 bits per heavy atom. The van der Waals surface area contributed by atoms with E-state index in [1.165, 1.54) is 18.4 Å². The number of anilines is 1. The van der Waals surface area contributed by atoms with Crippen LogP contribution in [-0.2, 0) is 4.79 Å². The van der Waals surface area contributed by atoms with E-state index in [1.807, 2.05) is 18.2 Å². The molecule has 1 aliphatic heterocycles. The first-order chi connectivity index (χ1) is 9.66. The molecule has 3 nitrogen and oxygen atoms in total. The van der Waals surface area contributed by atoms with Gasteiger partial charge in [-0.25, -0.2) is 0 Å². The molecule has 1 amide bonds. The Morgan fingerprint density at radius 3 is 2.62 bits per heavy atom. The number of nitrogens with one attached hydrogen (secondary N) is 2. The predicted octanol–water partition coefficient (Wildman–Crippen LogP) is 3.95. The summed E-state index contributed by atoms with van der Waals surface area (Å²) in [5.41, 5.74) is 2.18. The van der Waals surface area contributed by atoms with E-state index in [4.69, 9.17) is 0 Å². The van der Waals surface area contributed by atoms with Crippen molar-refractivity contribution in [3.63, 3.8) is 0 Å². The number of rotatable bonds is 5. The summed E-state index contributed by atoms with van der Waals surface area (Å²) in [7, 11) is 0. The summed E-state index contributed by atoms with van der Waals surface area (Å²) in [4.78, 5) is 12.1. The molecular weight excluding hydrogens is 284 g/mol. The molecule has 0 spiro atoms. The highest BCUT2D eigenvalue weighted by atomic mass is 35.5. The second kappa shape index (κ2) is 9.06. The third-order valence-corrected chi connectivity index (χ3v) is 4.10. The van der Waals surface area contributed by atoms with Crippen molar-refractivity contribution >= 4 is 24.0 Å². The van der Waals surface area contributed by atoms with Crippen LogP contribution in [-0.4, -0.2) is 19.0 Å². The monoisotopic (exact) mass is 310 g/mol. The summed E-state index contributed by atoms with van der Waals surface area (Å²) in [6.45, 7) is 6.50. The lowest BCUT2D eigenvalue weighted by atomic mass is 9.93. The second-order valence-corrected chi connectivity index (χ2v) is 6.02. The Balaban J connectivity index is 0.00000220. The lowest BCUT2D eigenvalue weighted by Crippen LogP contribution is -2.28. The zero-order valence-corrected chi connectivity index (χ0v) is 13.8. The Bertz CT molecular complexity index is 442. The fourth-order valence-corrected chi connectivity index (χ4v) is 2.83. The van der Waals surface area contributed by atoms with Gasteiger partial charge < -0.3 is 10.6 Å². The fourth-order valence-electron chi connectivity index (χ4n) is 2.83. The van der Waals surface area contributed by atoms with E-state index in [9.17, 15) is 4.79 Å². The molecule has 0 saturated carbocycles. The van der Waals surface area contributed by atoms with Gasteiger partial charge in [0.2, 0.25) is 5.91 Å². The van der Waals surface area contributed by atoms with Crippen molar-refractivity contribution < 1.29 is 4.79 Å². The lowest BCUT2D eigenvalue weighted by molar-refractivity contribution is -0.116. The van der Waals surface area contributed by atoms with Gasteiger partial charge in [0.15, 0.2) is 0 Å². The minimum atomic E-state index is 0. The highest BCUT2D eigenvalue weighted by Gasteiger charge is 2.15. The van der Waals surface area contributed by atoms with E-state index in [1.54, 1.807) is 0 Å². The fraction of sp³-hybridized carbons (Fsp3) is 0.588. The van der Waals surface area contributed by atoms with Gasteiger partial charge in [-0.2, -0.15) is 0 Å². The Labute approximate surface area is 134 Å². The van der Waals surface area contributed by atoms with Gasteiger partial charge in [0.25, 0.3) is 0 Å². The van der Waals surface area contributed by atoms with Gasteiger partial charge in [-0.05, 0) is 55.8 Å². The molecule has 0 aromatic heterocycles. The smallest absolute Gasteiger partial charge is 0.224 e. The SMILES string of the molecule is CC(C)c1ccccc1NC(=O)CCC1CCNCC1.Cl. The first-order valence-electron chi connectivity index (χ1n) is 7.76. The van der Waals surface area contributed by atoms with Crippen molar-refractivity contribution in [3.05, 3.63) is 29.8 Å². The zero-order valence-electron chi connectivity index (χ0n) is 13.0. The molecule has 21 heavy (non-hydrogen) atoms. The van der Waals surface area contributed by atoms with Crippen LogP contribution in [0.2, 0.25) is 0 Å². The normalized spacial score (nSPS) is 15.6. The van der Waals surface area contributed by atoms with Gasteiger partial charge in [-0.3, -0.25) is 4.79 Å². The van der Waals surface area contributed by atoms with E-state index in [-0.39, 0.29) is 18.3 Å². The molecule has 1 aliphatic rings. The number of carbonyl (C=O) groups is 1. The molecule has 0 bridgehead atoms. The van der Waals surface area contributed by atoms with Crippen molar-refractivity contribution in [1.82, 2.24) is 5.32 Å². The van der Waals surface area contributed by atoms with Crippen LogP contribution in [0.1, 0.15) is 51.0 Å². The van der Waals surface area contributed by atoms with Crippen LogP contribution in [0.15, 0.2) is 24.3 Å². The number of benzene rings is 1.